The molecule has 41 heavy (non-hydrogen) atoms. The van der Waals surface area contributed by atoms with Crippen LogP contribution >= 0.6 is 0 Å². The molecule has 1 N–H and O–H groups in total. The van der Waals surface area contributed by atoms with Crippen molar-refractivity contribution in [3.05, 3.63) is 101 Å². The smallest absolute Gasteiger partial charge is 0.416 e. The van der Waals surface area contributed by atoms with Gasteiger partial charge in [-0.1, -0.05) is 55.5 Å². The molecule has 3 amide bonds. The molecule has 0 aliphatic carbocycles. The third-order valence-corrected chi connectivity index (χ3v) is 7.08. The third kappa shape index (κ3) is 7.25. The maximum Gasteiger partial charge on any atom is 0.416 e. The maximum absolute atomic E-state index is 13.5. The van der Waals surface area contributed by atoms with E-state index in [4.69, 9.17) is 9.47 Å². The van der Waals surface area contributed by atoms with Crippen molar-refractivity contribution in [3.63, 3.8) is 0 Å². The van der Waals surface area contributed by atoms with Crippen LogP contribution in [0.4, 0.5) is 18.0 Å². The Morgan fingerprint density at radius 3 is 2.34 bits per heavy atom. The summed E-state index contributed by atoms with van der Waals surface area (Å²) in [6, 6.07) is 18.7. The van der Waals surface area contributed by atoms with Gasteiger partial charge in [0, 0.05) is 12.5 Å². The van der Waals surface area contributed by atoms with Crippen LogP contribution in [-0.2, 0) is 35.1 Å². The number of cyclic esters (lactones) is 1. The number of carbonyl (C=O) groups is 3. The van der Waals surface area contributed by atoms with Crippen LogP contribution in [0, 0.1) is 5.92 Å². The molecule has 7 nitrogen and oxygen atoms in total. The minimum absolute atomic E-state index is 0.0142. The SMILES string of the molecule is CCC(Cc1ccc(OC)c(C(=O)NCc2ccc(C(F)(F)F)cc2)c1)C(=O)N1C(=O)OC[C@@H]1Cc1ccccc1. The summed E-state index contributed by atoms with van der Waals surface area (Å²) in [4.78, 5) is 40.3. The van der Waals surface area contributed by atoms with Gasteiger partial charge in [0.15, 0.2) is 0 Å². The van der Waals surface area contributed by atoms with Gasteiger partial charge in [-0.3, -0.25) is 9.59 Å². The Morgan fingerprint density at radius 1 is 1.02 bits per heavy atom. The van der Waals surface area contributed by atoms with Gasteiger partial charge in [-0.05, 0) is 60.2 Å². The number of carbonyl (C=O) groups excluding carboxylic acids is 3. The Labute approximate surface area is 236 Å². The molecule has 10 heteroatoms. The van der Waals surface area contributed by atoms with Crippen molar-refractivity contribution in [3.8, 4) is 5.75 Å². The summed E-state index contributed by atoms with van der Waals surface area (Å²) < 4.78 is 49.1. The van der Waals surface area contributed by atoms with Gasteiger partial charge in [-0.25, -0.2) is 9.69 Å². The first kappa shape index (κ1) is 29.6. The fourth-order valence-electron chi connectivity index (χ4n) is 4.80. The molecule has 1 aliphatic heterocycles. The maximum atomic E-state index is 13.5. The van der Waals surface area contributed by atoms with Gasteiger partial charge in [0.25, 0.3) is 5.91 Å². The van der Waals surface area contributed by atoms with Gasteiger partial charge in [0.1, 0.15) is 12.4 Å². The minimum Gasteiger partial charge on any atom is -0.496 e. The number of benzene rings is 3. The van der Waals surface area contributed by atoms with E-state index < -0.39 is 35.7 Å². The van der Waals surface area contributed by atoms with Crippen molar-refractivity contribution in [2.45, 2.75) is 44.9 Å². The molecule has 1 heterocycles. The van der Waals surface area contributed by atoms with Crippen LogP contribution < -0.4 is 10.1 Å². The van der Waals surface area contributed by atoms with Gasteiger partial charge < -0.3 is 14.8 Å². The second-order valence-electron chi connectivity index (χ2n) is 9.85. The monoisotopic (exact) mass is 568 g/mol. The Hall–Kier alpha value is -4.34. The fraction of sp³-hybridized carbons (Fsp3) is 0.323. The lowest BCUT2D eigenvalue weighted by Crippen LogP contribution is -2.44. The molecule has 1 unspecified atom stereocenters. The number of alkyl halides is 3. The summed E-state index contributed by atoms with van der Waals surface area (Å²) in [7, 11) is 1.42. The summed E-state index contributed by atoms with van der Waals surface area (Å²) in [5.41, 5.74) is 1.64. The topological polar surface area (TPSA) is 84.9 Å². The molecular weight excluding hydrogens is 537 g/mol. The van der Waals surface area contributed by atoms with Crippen molar-refractivity contribution >= 4 is 17.9 Å². The zero-order valence-corrected chi connectivity index (χ0v) is 22.7. The Kier molecular flexibility index (Phi) is 9.31. The van der Waals surface area contributed by atoms with Crippen LogP contribution in [0.2, 0.25) is 0 Å². The van der Waals surface area contributed by atoms with E-state index in [-0.39, 0.29) is 31.0 Å². The number of hydrogen-bond acceptors (Lipinski definition) is 5. The molecule has 0 saturated carbocycles. The summed E-state index contributed by atoms with van der Waals surface area (Å²) >= 11 is 0. The van der Waals surface area contributed by atoms with Gasteiger partial charge in [-0.15, -0.1) is 0 Å². The Morgan fingerprint density at radius 2 is 1.71 bits per heavy atom. The Balaban J connectivity index is 1.45. The summed E-state index contributed by atoms with van der Waals surface area (Å²) in [5, 5.41) is 2.71. The van der Waals surface area contributed by atoms with Crippen LogP contribution in [0.3, 0.4) is 0 Å². The standard InChI is InChI=1S/C31H31F3N2O5/c1-3-23(29(38)36-25(19-41-30(36)39)16-20-7-5-4-6-8-20)15-22-11-14-27(40-2)26(17-22)28(37)35-18-21-9-12-24(13-10-21)31(32,33)34/h4-14,17,23,25H,3,15-16,18-19H2,1-2H3,(H,35,37)/t23?,25-/m0/s1. The van der Waals surface area contributed by atoms with Gasteiger partial charge >= 0.3 is 12.3 Å². The van der Waals surface area contributed by atoms with Crippen molar-refractivity contribution in [2.24, 2.45) is 5.92 Å². The first-order valence-electron chi connectivity index (χ1n) is 13.3. The molecule has 3 aromatic carbocycles. The van der Waals surface area contributed by atoms with Gasteiger partial charge in [-0.2, -0.15) is 13.2 Å². The molecule has 0 radical (unpaired) electrons. The largest absolute Gasteiger partial charge is 0.496 e. The van der Waals surface area contributed by atoms with Crippen LogP contribution in [0.15, 0.2) is 72.8 Å². The number of methoxy groups -OCH3 is 1. The highest BCUT2D eigenvalue weighted by Gasteiger charge is 2.40. The minimum atomic E-state index is -4.44. The van der Waals surface area contributed by atoms with Crippen LogP contribution in [0.1, 0.15) is 46.0 Å². The van der Waals surface area contributed by atoms with Crippen LogP contribution in [0.25, 0.3) is 0 Å². The van der Waals surface area contributed by atoms with E-state index >= 15 is 0 Å². The summed E-state index contributed by atoms with van der Waals surface area (Å²) in [5.74, 6) is -1.03. The molecule has 1 fully saturated rings. The number of amides is 3. The number of hydrogen-bond donors (Lipinski definition) is 1. The second kappa shape index (κ2) is 12.9. The molecule has 1 saturated heterocycles. The molecular formula is C31H31F3N2O5. The van der Waals surface area contributed by atoms with Crippen molar-refractivity contribution in [2.75, 3.05) is 13.7 Å². The highest BCUT2D eigenvalue weighted by molar-refractivity contribution is 5.97. The quantitative estimate of drug-likeness (QED) is 0.334. The van der Waals surface area contributed by atoms with Crippen LogP contribution in [0.5, 0.6) is 5.75 Å². The summed E-state index contributed by atoms with van der Waals surface area (Å²) in [6.45, 7) is 2.00. The molecule has 0 aromatic heterocycles. The molecule has 3 aromatic rings. The number of halogens is 3. The van der Waals surface area contributed by atoms with E-state index in [1.54, 1.807) is 18.2 Å². The molecule has 2 atom stereocenters. The summed E-state index contributed by atoms with van der Waals surface area (Å²) in [6.07, 6.45) is -3.87. The predicted molar refractivity (Wildman–Crippen MR) is 145 cm³/mol. The molecule has 0 bridgehead atoms. The van der Waals surface area contributed by atoms with E-state index in [1.165, 1.54) is 24.1 Å². The number of ether oxygens (including phenoxy) is 2. The molecule has 0 spiro atoms. The normalized spacial score (nSPS) is 15.8. The molecule has 1 aliphatic rings. The lowest BCUT2D eigenvalue weighted by Gasteiger charge is -2.24. The molecule has 4 rings (SSSR count). The lowest BCUT2D eigenvalue weighted by atomic mass is 9.93. The first-order valence-corrected chi connectivity index (χ1v) is 13.3. The number of rotatable bonds is 10. The fourth-order valence-corrected chi connectivity index (χ4v) is 4.80. The zero-order chi connectivity index (χ0) is 29.6. The average Bonchev–Trinajstić information content (AvgIpc) is 3.33. The number of nitrogens with one attached hydrogen (secondary N) is 1. The number of imide groups is 1. The van der Waals surface area contributed by atoms with E-state index in [9.17, 15) is 27.6 Å². The van der Waals surface area contributed by atoms with E-state index in [0.29, 0.717) is 29.7 Å². The first-order chi connectivity index (χ1) is 19.6. The van der Waals surface area contributed by atoms with Gasteiger partial charge in [0.2, 0.25) is 5.91 Å². The predicted octanol–water partition coefficient (Wildman–Crippen LogP) is 5.80. The van der Waals surface area contributed by atoms with E-state index in [0.717, 1.165) is 17.7 Å². The van der Waals surface area contributed by atoms with Crippen molar-refractivity contribution < 1.29 is 37.0 Å². The van der Waals surface area contributed by atoms with Crippen molar-refractivity contribution in [1.29, 1.82) is 0 Å². The van der Waals surface area contributed by atoms with Crippen LogP contribution in [-0.4, -0.2) is 42.6 Å². The third-order valence-electron chi connectivity index (χ3n) is 7.08. The van der Waals surface area contributed by atoms with E-state index in [1.807, 2.05) is 37.3 Å². The number of nitrogens with zero attached hydrogens (tertiary/aromatic N) is 1. The van der Waals surface area contributed by atoms with E-state index in [2.05, 4.69) is 5.32 Å². The average molecular weight is 569 g/mol. The zero-order valence-electron chi connectivity index (χ0n) is 22.7. The second-order valence-corrected chi connectivity index (χ2v) is 9.85. The highest BCUT2D eigenvalue weighted by atomic mass is 19.4. The highest BCUT2D eigenvalue weighted by Crippen LogP contribution is 2.29. The molecule has 216 valence electrons. The lowest BCUT2D eigenvalue weighted by molar-refractivity contribution is -0.137. The Bertz CT molecular complexity index is 1380. The van der Waals surface area contributed by atoms with Gasteiger partial charge in [0.05, 0.1) is 24.3 Å². The van der Waals surface area contributed by atoms with Crippen molar-refractivity contribution in [1.82, 2.24) is 10.2 Å².